The zero-order chi connectivity index (χ0) is 15.9. The summed E-state index contributed by atoms with van der Waals surface area (Å²) in [6, 6.07) is 16.7. The standard InChI is InChI=1S/C20H26N2O/c23-16-18-11-9-17(10-12-18)15-21-19-7-3-4-8-20(19)22-13-5-1-2-6-14-22/h3-4,7-12,21,23H,1-2,5-6,13-16H2. The van der Waals surface area contributed by atoms with E-state index in [-0.39, 0.29) is 6.61 Å². The molecule has 0 radical (unpaired) electrons. The molecule has 23 heavy (non-hydrogen) atoms. The Bertz CT molecular complexity index is 601. The van der Waals surface area contributed by atoms with Crippen molar-refractivity contribution in [3.8, 4) is 0 Å². The molecule has 1 fully saturated rings. The van der Waals surface area contributed by atoms with Gasteiger partial charge >= 0.3 is 0 Å². The lowest BCUT2D eigenvalue weighted by Crippen LogP contribution is -2.24. The van der Waals surface area contributed by atoms with Crippen molar-refractivity contribution in [2.24, 2.45) is 0 Å². The van der Waals surface area contributed by atoms with Crippen LogP contribution in [0.4, 0.5) is 11.4 Å². The van der Waals surface area contributed by atoms with Crippen molar-refractivity contribution < 1.29 is 5.11 Å². The summed E-state index contributed by atoms with van der Waals surface area (Å²) >= 11 is 0. The molecule has 2 aromatic carbocycles. The van der Waals surface area contributed by atoms with Gasteiger partial charge in [-0.1, -0.05) is 49.2 Å². The molecule has 0 atom stereocenters. The number of para-hydroxylation sites is 2. The molecule has 122 valence electrons. The van der Waals surface area contributed by atoms with E-state index in [1.807, 2.05) is 12.1 Å². The van der Waals surface area contributed by atoms with Gasteiger partial charge in [0.1, 0.15) is 0 Å². The SMILES string of the molecule is OCc1ccc(CNc2ccccc2N2CCCCCC2)cc1. The van der Waals surface area contributed by atoms with E-state index in [1.165, 1.54) is 42.6 Å². The minimum atomic E-state index is 0.103. The summed E-state index contributed by atoms with van der Waals surface area (Å²) in [7, 11) is 0. The number of benzene rings is 2. The molecule has 0 unspecified atom stereocenters. The van der Waals surface area contributed by atoms with E-state index in [0.717, 1.165) is 25.2 Å². The van der Waals surface area contributed by atoms with Crippen LogP contribution in [-0.4, -0.2) is 18.2 Å². The lowest BCUT2D eigenvalue weighted by molar-refractivity contribution is 0.282. The first-order valence-corrected chi connectivity index (χ1v) is 8.63. The van der Waals surface area contributed by atoms with Crippen LogP contribution in [-0.2, 0) is 13.2 Å². The Kier molecular flexibility index (Phi) is 5.54. The first kappa shape index (κ1) is 15.9. The summed E-state index contributed by atoms with van der Waals surface area (Å²) in [6.45, 7) is 3.22. The number of anilines is 2. The largest absolute Gasteiger partial charge is 0.392 e. The van der Waals surface area contributed by atoms with Crippen LogP contribution in [0.3, 0.4) is 0 Å². The average molecular weight is 310 g/mol. The Balaban J connectivity index is 1.69. The molecular formula is C20H26N2O. The summed E-state index contributed by atoms with van der Waals surface area (Å²) in [6.07, 6.45) is 5.28. The summed E-state index contributed by atoms with van der Waals surface area (Å²) in [4.78, 5) is 2.52. The highest BCUT2D eigenvalue weighted by Gasteiger charge is 2.13. The zero-order valence-corrected chi connectivity index (χ0v) is 13.7. The first-order chi connectivity index (χ1) is 11.4. The van der Waals surface area contributed by atoms with Crippen molar-refractivity contribution in [1.29, 1.82) is 0 Å². The second-order valence-corrected chi connectivity index (χ2v) is 6.25. The van der Waals surface area contributed by atoms with E-state index < -0.39 is 0 Å². The number of rotatable bonds is 5. The zero-order valence-electron chi connectivity index (χ0n) is 13.7. The van der Waals surface area contributed by atoms with E-state index in [4.69, 9.17) is 5.11 Å². The van der Waals surface area contributed by atoms with E-state index in [9.17, 15) is 0 Å². The second-order valence-electron chi connectivity index (χ2n) is 6.25. The highest BCUT2D eigenvalue weighted by atomic mass is 16.3. The van der Waals surface area contributed by atoms with Gasteiger partial charge in [-0.15, -0.1) is 0 Å². The van der Waals surface area contributed by atoms with Gasteiger partial charge in [0.25, 0.3) is 0 Å². The fourth-order valence-electron chi connectivity index (χ4n) is 3.17. The lowest BCUT2D eigenvalue weighted by Gasteiger charge is -2.25. The van der Waals surface area contributed by atoms with E-state index >= 15 is 0 Å². The molecule has 3 heteroatoms. The Labute approximate surface area is 139 Å². The summed E-state index contributed by atoms with van der Waals surface area (Å²) in [5, 5.41) is 12.7. The molecule has 0 amide bonds. The van der Waals surface area contributed by atoms with Gasteiger partial charge in [-0.2, -0.15) is 0 Å². The molecule has 3 nitrogen and oxygen atoms in total. The minimum Gasteiger partial charge on any atom is -0.392 e. The molecule has 0 spiro atoms. The topological polar surface area (TPSA) is 35.5 Å². The normalized spacial score (nSPS) is 15.3. The Morgan fingerprint density at radius 3 is 2.17 bits per heavy atom. The molecule has 0 aromatic heterocycles. The molecule has 3 rings (SSSR count). The van der Waals surface area contributed by atoms with Crippen molar-refractivity contribution in [3.05, 3.63) is 59.7 Å². The number of aliphatic hydroxyl groups is 1. The molecular weight excluding hydrogens is 284 g/mol. The number of nitrogens with one attached hydrogen (secondary N) is 1. The van der Waals surface area contributed by atoms with E-state index in [0.29, 0.717) is 0 Å². The lowest BCUT2D eigenvalue weighted by atomic mass is 10.1. The highest BCUT2D eigenvalue weighted by Crippen LogP contribution is 2.28. The van der Waals surface area contributed by atoms with Crippen molar-refractivity contribution in [3.63, 3.8) is 0 Å². The molecule has 2 aromatic rings. The Morgan fingerprint density at radius 1 is 0.826 bits per heavy atom. The molecule has 1 saturated heterocycles. The Morgan fingerprint density at radius 2 is 1.48 bits per heavy atom. The van der Waals surface area contributed by atoms with Crippen LogP contribution < -0.4 is 10.2 Å². The van der Waals surface area contributed by atoms with Gasteiger partial charge in [0.15, 0.2) is 0 Å². The van der Waals surface area contributed by atoms with Crippen LogP contribution >= 0.6 is 0 Å². The van der Waals surface area contributed by atoms with Crippen molar-refractivity contribution in [1.82, 2.24) is 0 Å². The number of hydrogen-bond acceptors (Lipinski definition) is 3. The van der Waals surface area contributed by atoms with Crippen LogP contribution in [0.5, 0.6) is 0 Å². The molecule has 2 N–H and O–H groups in total. The van der Waals surface area contributed by atoms with Crippen molar-refractivity contribution in [2.75, 3.05) is 23.3 Å². The third kappa shape index (κ3) is 4.26. The fraction of sp³-hybridized carbons (Fsp3) is 0.400. The van der Waals surface area contributed by atoms with Gasteiger partial charge in [0, 0.05) is 19.6 Å². The maximum Gasteiger partial charge on any atom is 0.0681 e. The third-order valence-electron chi connectivity index (χ3n) is 4.54. The van der Waals surface area contributed by atoms with E-state index in [2.05, 4.69) is 46.6 Å². The number of aliphatic hydroxyl groups excluding tert-OH is 1. The second kappa shape index (κ2) is 8.02. The van der Waals surface area contributed by atoms with Crippen LogP contribution in [0.25, 0.3) is 0 Å². The molecule has 1 aliphatic heterocycles. The molecule has 0 bridgehead atoms. The quantitative estimate of drug-likeness (QED) is 0.870. The van der Waals surface area contributed by atoms with Crippen molar-refractivity contribution in [2.45, 2.75) is 38.8 Å². The molecule has 0 saturated carbocycles. The summed E-state index contributed by atoms with van der Waals surface area (Å²) < 4.78 is 0. The Hall–Kier alpha value is -2.00. The fourth-order valence-corrected chi connectivity index (χ4v) is 3.17. The molecule has 1 heterocycles. The van der Waals surface area contributed by atoms with Gasteiger partial charge in [-0.25, -0.2) is 0 Å². The van der Waals surface area contributed by atoms with Gasteiger partial charge in [0.2, 0.25) is 0 Å². The maximum atomic E-state index is 9.12. The average Bonchev–Trinajstić information content (AvgIpc) is 2.90. The summed E-state index contributed by atoms with van der Waals surface area (Å²) in [5.74, 6) is 0. The van der Waals surface area contributed by atoms with Gasteiger partial charge in [-0.3, -0.25) is 0 Å². The number of hydrogen-bond donors (Lipinski definition) is 2. The van der Waals surface area contributed by atoms with Gasteiger partial charge in [-0.05, 0) is 36.1 Å². The van der Waals surface area contributed by atoms with Gasteiger partial charge in [0.05, 0.1) is 18.0 Å². The van der Waals surface area contributed by atoms with Crippen LogP contribution in [0.2, 0.25) is 0 Å². The van der Waals surface area contributed by atoms with Crippen LogP contribution in [0, 0.1) is 0 Å². The predicted octanol–water partition coefficient (Wildman–Crippen LogP) is 4.17. The van der Waals surface area contributed by atoms with Gasteiger partial charge < -0.3 is 15.3 Å². The smallest absolute Gasteiger partial charge is 0.0681 e. The minimum absolute atomic E-state index is 0.103. The monoisotopic (exact) mass is 310 g/mol. The van der Waals surface area contributed by atoms with Crippen LogP contribution in [0.1, 0.15) is 36.8 Å². The van der Waals surface area contributed by atoms with Crippen molar-refractivity contribution >= 4 is 11.4 Å². The van der Waals surface area contributed by atoms with E-state index in [1.54, 1.807) is 0 Å². The highest BCUT2D eigenvalue weighted by molar-refractivity contribution is 5.70. The third-order valence-corrected chi connectivity index (χ3v) is 4.54. The first-order valence-electron chi connectivity index (χ1n) is 8.63. The summed E-state index contributed by atoms with van der Waals surface area (Å²) in [5.41, 5.74) is 4.72. The van der Waals surface area contributed by atoms with Crippen LogP contribution in [0.15, 0.2) is 48.5 Å². The maximum absolute atomic E-state index is 9.12. The molecule has 0 aliphatic carbocycles. The predicted molar refractivity (Wildman–Crippen MR) is 96.8 cm³/mol. The number of nitrogens with zero attached hydrogens (tertiary/aromatic N) is 1. The molecule has 1 aliphatic rings.